The number of rotatable bonds is 9. The van der Waals surface area contributed by atoms with Gasteiger partial charge in [-0.3, -0.25) is 24.9 Å². The molecule has 0 saturated carbocycles. The second-order valence-corrected chi connectivity index (χ2v) is 9.79. The summed E-state index contributed by atoms with van der Waals surface area (Å²) in [6.45, 7) is 2.15. The zero-order chi connectivity index (χ0) is 29.1. The Hall–Kier alpha value is -4.75. The molecule has 208 valence electrons. The first-order valence-corrected chi connectivity index (χ1v) is 13.4. The number of nitrogens with one attached hydrogen (secondary N) is 2. The summed E-state index contributed by atoms with van der Waals surface area (Å²) in [5.74, 6) is -1.34. The predicted octanol–water partition coefficient (Wildman–Crippen LogP) is 5.59. The van der Waals surface area contributed by atoms with Crippen LogP contribution in [0.3, 0.4) is 0 Å². The van der Waals surface area contributed by atoms with Gasteiger partial charge in [0.2, 0.25) is 0 Å². The van der Waals surface area contributed by atoms with E-state index in [1.165, 1.54) is 23.5 Å². The summed E-state index contributed by atoms with van der Waals surface area (Å²) in [7, 11) is 0. The number of nitrogens with zero attached hydrogens (tertiary/aromatic N) is 3. The van der Waals surface area contributed by atoms with E-state index >= 15 is 0 Å². The minimum Gasteiger partial charge on any atom is -0.733 e. The highest BCUT2D eigenvalue weighted by Gasteiger charge is 2.40. The van der Waals surface area contributed by atoms with Crippen LogP contribution in [-0.2, 0) is 9.59 Å². The Bertz CT molecular complexity index is 1650. The highest BCUT2D eigenvalue weighted by atomic mass is 35.5. The largest absolute Gasteiger partial charge is 0.733 e. The Morgan fingerprint density at radius 1 is 1.07 bits per heavy atom. The molecule has 0 saturated heterocycles. The molecule has 13 heteroatoms. The van der Waals surface area contributed by atoms with Crippen molar-refractivity contribution in [2.24, 2.45) is 0 Å². The number of amides is 3. The average molecular weight is 591 g/mol. The summed E-state index contributed by atoms with van der Waals surface area (Å²) in [6.07, 6.45) is 0. The van der Waals surface area contributed by atoms with Gasteiger partial charge in [-0.1, -0.05) is 35.9 Å². The van der Waals surface area contributed by atoms with E-state index in [1.807, 2.05) is 0 Å². The number of halogens is 1. The van der Waals surface area contributed by atoms with E-state index in [0.717, 1.165) is 4.90 Å². The van der Waals surface area contributed by atoms with E-state index in [0.29, 0.717) is 40.0 Å². The third kappa shape index (κ3) is 5.76. The molecule has 0 unspecified atom stereocenters. The molecule has 41 heavy (non-hydrogen) atoms. The van der Waals surface area contributed by atoms with Gasteiger partial charge in [0.05, 0.1) is 23.7 Å². The van der Waals surface area contributed by atoms with E-state index < -0.39 is 17.7 Å². The minimum atomic E-state index is -0.679. The fourth-order valence-electron chi connectivity index (χ4n) is 3.99. The van der Waals surface area contributed by atoms with Crippen LogP contribution in [0.5, 0.6) is 5.75 Å². The van der Waals surface area contributed by atoms with Crippen molar-refractivity contribution in [2.75, 3.05) is 27.4 Å². The van der Waals surface area contributed by atoms with Gasteiger partial charge in [-0.05, 0) is 55.5 Å². The lowest BCUT2D eigenvalue weighted by Gasteiger charge is -2.21. The van der Waals surface area contributed by atoms with Gasteiger partial charge in [0.25, 0.3) is 17.7 Å². The fourth-order valence-corrected chi connectivity index (χ4v) is 4.92. The van der Waals surface area contributed by atoms with Crippen molar-refractivity contribution in [1.82, 2.24) is 4.98 Å². The van der Waals surface area contributed by atoms with E-state index in [9.17, 15) is 19.6 Å². The fraction of sp³-hybridized carbons (Fsp3) is 0.0714. The predicted molar refractivity (Wildman–Crippen MR) is 156 cm³/mol. The summed E-state index contributed by atoms with van der Waals surface area (Å²) in [5.41, 5.74) is 2.34. The van der Waals surface area contributed by atoms with Crippen molar-refractivity contribution in [3.05, 3.63) is 99.7 Å². The summed E-state index contributed by atoms with van der Waals surface area (Å²) in [4.78, 5) is 44.2. The summed E-state index contributed by atoms with van der Waals surface area (Å²) < 4.78 is 5.56. The molecule has 3 N–H and O–H groups in total. The molecule has 5 rings (SSSR count). The Labute approximate surface area is 242 Å². The summed E-state index contributed by atoms with van der Waals surface area (Å²) >= 11 is 7.48. The van der Waals surface area contributed by atoms with Crippen molar-refractivity contribution in [2.45, 2.75) is 6.92 Å². The van der Waals surface area contributed by atoms with Crippen LogP contribution in [0, 0.1) is 5.21 Å². The van der Waals surface area contributed by atoms with Crippen molar-refractivity contribution < 1.29 is 24.3 Å². The zero-order valence-electron chi connectivity index (χ0n) is 21.3. The Kier molecular flexibility index (Phi) is 7.99. The Balaban J connectivity index is 1.25. The number of anilines is 4. The normalized spacial score (nSPS) is 13.0. The topological polar surface area (TPSA) is 147 Å². The van der Waals surface area contributed by atoms with Gasteiger partial charge in [-0.2, -0.15) is 0 Å². The van der Waals surface area contributed by atoms with Gasteiger partial charge in [0, 0.05) is 22.2 Å². The van der Waals surface area contributed by atoms with Crippen LogP contribution >= 0.6 is 22.9 Å². The monoisotopic (exact) mass is 590 g/mol. The number of aromatic nitrogens is 1. The molecule has 0 bridgehead atoms. The number of carbonyl (C=O) groups is 3. The van der Waals surface area contributed by atoms with Crippen molar-refractivity contribution in [3.8, 4) is 17.0 Å². The third-order valence-electron chi connectivity index (χ3n) is 5.96. The highest BCUT2D eigenvalue weighted by Crippen LogP contribution is 2.35. The quantitative estimate of drug-likeness (QED) is 0.168. The molecule has 0 radical (unpaired) electrons. The van der Waals surface area contributed by atoms with E-state index in [2.05, 4.69) is 15.6 Å². The number of hydrogen-bond donors (Lipinski definition) is 3. The van der Waals surface area contributed by atoms with Crippen LogP contribution in [0.1, 0.15) is 17.3 Å². The van der Waals surface area contributed by atoms with Crippen LogP contribution < -0.4 is 25.5 Å². The number of benzene rings is 3. The molecule has 1 aliphatic heterocycles. The average Bonchev–Trinajstić information content (AvgIpc) is 3.52. The highest BCUT2D eigenvalue weighted by molar-refractivity contribution is 7.14. The maximum atomic E-state index is 13.2. The molecular weight excluding hydrogens is 570 g/mol. The first-order chi connectivity index (χ1) is 19.8. The molecular formula is C28H21ClN5O6S-. The van der Waals surface area contributed by atoms with Crippen LogP contribution in [0.15, 0.2) is 88.9 Å². The Morgan fingerprint density at radius 2 is 1.78 bits per heavy atom. The van der Waals surface area contributed by atoms with Crippen molar-refractivity contribution in [1.29, 1.82) is 0 Å². The SMILES string of the molecule is CCOc1ccccc1N1C(=O)C(Cl)=C(Nc2ccc(C(=O)Nc3nc(-c4ccc(N([O-])O)cc4)cs3)cc2)C1=O. The molecule has 0 spiro atoms. The molecule has 0 atom stereocenters. The van der Waals surface area contributed by atoms with Crippen molar-refractivity contribution in [3.63, 3.8) is 0 Å². The minimum absolute atomic E-state index is 0.0853. The first-order valence-electron chi connectivity index (χ1n) is 12.2. The van der Waals surface area contributed by atoms with E-state index in [1.54, 1.807) is 73.0 Å². The van der Waals surface area contributed by atoms with Crippen LogP contribution in [0.4, 0.5) is 22.2 Å². The molecule has 1 aromatic heterocycles. The second-order valence-electron chi connectivity index (χ2n) is 8.55. The van der Waals surface area contributed by atoms with E-state index in [4.69, 9.17) is 21.5 Å². The molecule has 2 heterocycles. The van der Waals surface area contributed by atoms with Gasteiger partial charge in [0.15, 0.2) is 5.13 Å². The standard InChI is InChI=1S/C28H21ClN5O6S/c1-2-40-22-6-4-3-5-21(22)33-26(36)23(29)24(27(33)37)30-18-11-7-17(8-12-18)25(35)32-28-31-20(15-41-28)16-9-13-19(14-10-16)34(38)39/h3-15,30,38H,2H2,1H3,(H,31,32,35)/q-1. The van der Waals surface area contributed by atoms with Crippen molar-refractivity contribution >= 4 is 62.9 Å². The van der Waals surface area contributed by atoms with Gasteiger partial charge >= 0.3 is 0 Å². The molecule has 3 aromatic carbocycles. The molecule has 4 aromatic rings. The van der Waals surface area contributed by atoms with Crippen LogP contribution in [0.2, 0.25) is 0 Å². The van der Waals surface area contributed by atoms with Gasteiger partial charge in [0.1, 0.15) is 16.5 Å². The number of carbonyl (C=O) groups excluding carboxylic acids is 3. The lowest BCUT2D eigenvalue weighted by atomic mass is 10.1. The molecule has 11 nitrogen and oxygen atoms in total. The third-order valence-corrected chi connectivity index (χ3v) is 7.07. The summed E-state index contributed by atoms with van der Waals surface area (Å²) in [5, 5.41) is 27.2. The molecule has 0 aliphatic carbocycles. The number of hydrogen-bond acceptors (Lipinski definition) is 10. The van der Waals surface area contributed by atoms with E-state index in [-0.39, 0.29) is 27.3 Å². The lowest BCUT2D eigenvalue weighted by molar-refractivity contribution is -0.120. The maximum Gasteiger partial charge on any atom is 0.283 e. The van der Waals surface area contributed by atoms with Crippen LogP contribution in [0.25, 0.3) is 11.3 Å². The number of ether oxygens (including phenoxy) is 1. The lowest BCUT2D eigenvalue weighted by Crippen LogP contribution is -2.32. The van der Waals surface area contributed by atoms with Gasteiger partial charge in [-0.15, -0.1) is 11.3 Å². The summed E-state index contributed by atoms with van der Waals surface area (Å²) in [6, 6.07) is 19.1. The zero-order valence-corrected chi connectivity index (χ0v) is 22.9. The van der Waals surface area contributed by atoms with Gasteiger partial charge in [-0.25, -0.2) is 9.88 Å². The maximum absolute atomic E-state index is 13.2. The molecule has 0 fully saturated rings. The second kappa shape index (κ2) is 11.8. The van der Waals surface area contributed by atoms with Crippen LogP contribution in [-0.4, -0.2) is 34.5 Å². The number of imide groups is 1. The Morgan fingerprint density at radius 3 is 2.46 bits per heavy atom. The number of para-hydroxylation sites is 2. The smallest absolute Gasteiger partial charge is 0.283 e. The molecule has 3 amide bonds. The number of thiazole rings is 1. The molecule has 1 aliphatic rings. The first kappa shape index (κ1) is 27.8. The van der Waals surface area contributed by atoms with Gasteiger partial charge < -0.3 is 20.5 Å².